The van der Waals surface area contributed by atoms with Crippen molar-refractivity contribution in [2.24, 2.45) is 0 Å². The fourth-order valence-corrected chi connectivity index (χ4v) is 2.80. The zero-order valence-electron chi connectivity index (χ0n) is 9.60. The second kappa shape index (κ2) is 4.27. The Kier molecular flexibility index (Phi) is 2.76. The minimum Gasteiger partial charge on any atom is -0.392 e. The third-order valence-electron chi connectivity index (χ3n) is 3.60. The number of morpholine rings is 1. The van der Waals surface area contributed by atoms with Crippen LogP contribution in [-0.2, 0) is 11.3 Å². The number of anilines is 1. The molecule has 0 aliphatic carbocycles. The van der Waals surface area contributed by atoms with Crippen LogP contribution in [0, 0.1) is 5.82 Å². The Hall–Kier alpha value is -1.13. The molecule has 0 saturated carbocycles. The van der Waals surface area contributed by atoms with Crippen LogP contribution in [0.5, 0.6) is 0 Å². The number of fused-ring (bicyclic) bond motifs is 2. The quantitative estimate of drug-likeness (QED) is 0.849. The van der Waals surface area contributed by atoms with Crippen LogP contribution in [0.2, 0.25) is 0 Å². The zero-order chi connectivity index (χ0) is 11.8. The number of nitrogens with zero attached hydrogens (tertiary/aromatic N) is 1. The molecule has 0 radical (unpaired) electrons. The molecule has 0 spiro atoms. The molecule has 1 aromatic rings. The van der Waals surface area contributed by atoms with Crippen molar-refractivity contribution >= 4 is 5.69 Å². The van der Waals surface area contributed by atoms with Gasteiger partial charge in [0.25, 0.3) is 0 Å². The zero-order valence-corrected chi connectivity index (χ0v) is 9.60. The summed E-state index contributed by atoms with van der Waals surface area (Å²) in [4.78, 5) is 2.21. The summed E-state index contributed by atoms with van der Waals surface area (Å²) in [5.74, 6) is -0.297. The molecule has 2 fully saturated rings. The van der Waals surface area contributed by atoms with Crippen molar-refractivity contribution in [2.75, 3.05) is 18.0 Å². The number of aliphatic hydroxyl groups excluding tert-OH is 1. The lowest BCUT2D eigenvalue weighted by Gasteiger charge is -2.34. The van der Waals surface area contributed by atoms with Gasteiger partial charge in [-0.15, -0.1) is 0 Å². The number of aliphatic hydroxyl groups is 1. The van der Waals surface area contributed by atoms with Gasteiger partial charge in [-0.25, -0.2) is 4.39 Å². The number of hydrogen-bond donors (Lipinski definition) is 1. The van der Waals surface area contributed by atoms with E-state index in [2.05, 4.69) is 4.90 Å². The minimum atomic E-state index is -0.297. The van der Waals surface area contributed by atoms with Gasteiger partial charge in [-0.1, -0.05) is 0 Å². The highest BCUT2D eigenvalue weighted by molar-refractivity contribution is 5.54. The SMILES string of the molecule is OCc1cc(F)ccc1N1CC2CCC(C1)O2. The summed E-state index contributed by atoms with van der Waals surface area (Å²) >= 11 is 0. The van der Waals surface area contributed by atoms with E-state index in [-0.39, 0.29) is 12.4 Å². The second-order valence-electron chi connectivity index (χ2n) is 4.79. The third-order valence-corrected chi connectivity index (χ3v) is 3.60. The Morgan fingerprint density at radius 3 is 2.65 bits per heavy atom. The van der Waals surface area contributed by atoms with Crippen LogP contribution in [0.25, 0.3) is 0 Å². The summed E-state index contributed by atoms with van der Waals surface area (Å²) < 4.78 is 18.9. The van der Waals surface area contributed by atoms with Crippen LogP contribution in [-0.4, -0.2) is 30.4 Å². The van der Waals surface area contributed by atoms with Gasteiger partial charge in [-0.05, 0) is 31.0 Å². The highest BCUT2D eigenvalue weighted by Crippen LogP contribution is 2.31. The average Bonchev–Trinajstić information content (AvgIpc) is 2.68. The van der Waals surface area contributed by atoms with Crippen molar-refractivity contribution < 1.29 is 14.2 Å². The number of benzene rings is 1. The van der Waals surface area contributed by atoms with E-state index in [1.165, 1.54) is 12.1 Å². The van der Waals surface area contributed by atoms with Gasteiger partial charge in [0.05, 0.1) is 18.8 Å². The first-order valence-electron chi connectivity index (χ1n) is 6.06. The van der Waals surface area contributed by atoms with E-state index in [0.29, 0.717) is 17.8 Å². The molecule has 2 unspecified atom stereocenters. The summed E-state index contributed by atoms with van der Waals surface area (Å²) in [5.41, 5.74) is 1.60. The van der Waals surface area contributed by atoms with Gasteiger partial charge in [0.15, 0.2) is 0 Å². The van der Waals surface area contributed by atoms with Crippen LogP contribution < -0.4 is 4.90 Å². The van der Waals surface area contributed by atoms with E-state index >= 15 is 0 Å². The Morgan fingerprint density at radius 2 is 2.00 bits per heavy atom. The fraction of sp³-hybridized carbons (Fsp3) is 0.538. The van der Waals surface area contributed by atoms with E-state index in [0.717, 1.165) is 31.6 Å². The maximum atomic E-state index is 13.1. The molecule has 0 amide bonds. The van der Waals surface area contributed by atoms with Gasteiger partial charge in [-0.2, -0.15) is 0 Å². The van der Waals surface area contributed by atoms with Gasteiger partial charge in [-0.3, -0.25) is 0 Å². The van der Waals surface area contributed by atoms with E-state index in [4.69, 9.17) is 4.74 Å². The average molecular weight is 237 g/mol. The number of rotatable bonds is 2. The molecule has 3 rings (SSSR count). The highest BCUT2D eigenvalue weighted by atomic mass is 19.1. The monoisotopic (exact) mass is 237 g/mol. The number of ether oxygens (including phenoxy) is 1. The highest BCUT2D eigenvalue weighted by Gasteiger charge is 2.34. The van der Waals surface area contributed by atoms with Crippen LogP contribution in [0.1, 0.15) is 18.4 Å². The number of hydrogen-bond acceptors (Lipinski definition) is 3. The molecule has 1 N–H and O–H groups in total. The van der Waals surface area contributed by atoms with E-state index in [9.17, 15) is 9.50 Å². The summed E-state index contributed by atoms with van der Waals surface area (Å²) in [7, 11) is 0. The van der Waals surface area contributed by atoms with Crippen LogP contribution in [0.3, 0.4) is 0 Å². The van der Waals surface area contributed by atoms with Crippen LogP contribution >= 0.6 is 0 Å². The fourth-order valence-electron chi connectivity index (χ4n) is 2.80. The van der Waals surface area contributed by atoms with Crippen molar-refractivity contribution in [1.82, 2.24) is 0 Å². The van der Waals surface area contributed by atoms with Gasteiger partial charge in [0.1, 0.15) is 5.82 Å². The Morgan fingerprint density at radius 1 is 1.29 bits per heavy atom. The number of halogens is 1. The van der Waals surface area contributed by atoms with Gasteiger partial charge >= 0.3 is 0 Å². The first kappa shape index (κ1) is 11.0. The maximum absolute atomic E-state index is 13.1. The molecule has 2 bridgehead atoms. The standard InChI is InChI=1S/C13H16FNO2/c14-10-1-4-13(9(5-10)8-16)15-6-11-2-3-12(7-15)17-11/h1,4-5,11-12,16H,2-3,6-8H2. The molecule has 2 aliphatic rings. The lowest BCUT2D eigenvalue weighted by Crippen LogP contribution is -2.43. The normalized spacial score (nSPS) is 27.5. The summed E-state index contributed by atoms with van der Waals surface area (Å²) in [6, 6.07) is 4.62. The molecule has 92 valence electrons. The minimum absolute atomic E-state index is 0.125. The van der Waals surface area contributed by atoms with Crippen molar-refractivity contribution in [3.05, 3.63) is 29.6 Å². The molecular formula is C13H16FNO2. The predicted molar refractivity (Wildman–Crippen MR) is 62.4 cm³/mol. The first-order chi connectivity index (χ1) is 8.26. The summed E-state index contributed by atoms with van der Waals surface area (Å²) in [5, 5.41) is 9.30. The van der Waals surface area contributed by atoms with Crippen molar-refractivity contribution in [3.63, 3.8) is 0 Å². The molecule has 17 heavy (non-hydrogen) atoms. The Bertz CT molecular complexity index is 412. The maximum Gasteiger partial charge on any atom is 0.123 e. The molecule has 3 nitrogen and oxygen atoms in total. The summed E-state index contributed by atoms with van der Waals surface area (Å²) in [6.45, 7) is 1.56. The van der Waals surface area contributed by atoms with E-state index < -0.39 is 0 Å². The second-order valence-corrected chi connectivity index (χ2v) is 4.79. The predicted octanol–water partition coefficient (Wildman–Crippen LogP) is 1.69. The first-order valence-corrected chi connectivity index (χ1v) is 6.06. The molecule has 0 aromatic heterocycles. The van der Waals surface area contributed by atoms with E-state index in [1.807, 2.05) is 0 Å². The largest absolute Gasteiger partial charge is 0.392 e. The van der Waals surface area contributed by atoms with Crippen LogP contribution in [0.4, 0.5) is 10.1 Å². The molecular weight excluding hydrogens is 221 g/mol. The van der Waals surface area contributed by atoms with Gasteiger partial charge in [0.2, 0.25) is 0 Å². The van der Waals surface area contributed by atoms with Gasteiger partial charge in [0, 0.05) is 24.3 Å². The molecule has 4 heteroatoms. The molecule has 2 saturated heterocycles. The Labute approximate surface area is 99.8 Å². The topological polar surface area (TPSA) is 32.7 Å². The Balaban J connectivity index is 1.88. The molecule has 2 heterocycles. The summed E-state index contributed by atoms with van der Waals surface area (Å²) in [6.07, 6.45) is 2.81. The molecule has 2 aliphatic heterocycles. The van der Waals surface area contributed by atoms with E-state index in [1.54, 1.807) is 6.07 Å². The molecule has 1 aromatic carbocycles. The molecule has 2 atom stereocenters. The van der Waals surface area contributed by atoms with Gasteiger partial charge < -0.3 is 14.7 Å². The smallest absolute Gasteiger partial charge is 0.123 e. The third kappa shape index (κ3) is 2.03. The lowest BCUT2D eigenvalue weighted by molar-refractivity contribution is 0.0303. The van der Waals surface area contributed by atoms with Crippen LogP contribution in [0.15, 0.2) is 18.2 Å². The van der Waals surface area contributed by atoms with Crippen molar-refractivity contribution in [2.45, 2.75) is 31.7 Å². The lowest BCUT2D eigenvalue weighted by atomic mass is 10.1. The van der Waals surface area contributed by atoms with Crippen molar-refractivity contribution in [3.8, 4) is 0 Å². The van der Waals surface area contributed by atoms with Crippen molar-refractivity contribution in [1.29, 1.82) is 0 Å².